The fourth-order valence-corrected chi connectivity index (χ4v) is 12.3. The smallest absolute Gasteiger partial charge is 0.339 e. The highest BCUT2D eigenvalue weighted by atomic mass is 35.5. The molecule has 0 amide bonds. The summed E-state index contributed by atoms with van der Waals surface area (Å²) in [5.41, 5.74) is -4.70. The van der Waals surface area contributed by atoms with Crippen molar-refractivity contribution in [3.05, 3.63) is 34.9 Å². The number of hydrogen-bond acceptors (Lipinski definition) is 11. The number of methoxy groups -OCH3 is 4. The topological polar surface area (TPSA) is 133 Å². The number of halogens is 1. The van der Waals surface area contributed by atoms with E-state index in [0.717, 1.165) is 0 Å². The third-order valence-electron chi connectivity index (χ3n) is 13.2. The van der Waals surface area contributed by atoms with Gasteiger partial charge in [0.1, 0.15) is 11.2 Å². The van der Waals surface area contributed by atoms with Crippen molar-refractivity contribution >= 4 is 23.5 Å². The van der Waals surface area contributed by atoms with Crippen LogP contribution in [0.4, 0.5) is 0 Å². The van der Waals surface area contributed by atoms with Crippen LogP contribution in [-0.2, 0) is 33.2 Å². The highest BCUT2D eigenvalue weighted by Crippen LogP contribution is 2.80. The van der Waals surface area contributed by atoms with Gasteiger partial charge in [-0.1, -0.05) is 17.7 Å². The molecule has 1 aromatic carbocycles. The van der Waals surface area contributed by atoms with E-state index in [0.29, 0.717) is 36.4 Å². The summed E-state index contributed by atoms with van der Waals surface area (Å²) in [6.45, 7) is 3.62. The summed E-state index contributed by atoms with van der Waals surface area (Å²) in [6.07, 6.45) is -0.563. The van der Waals surface area contributed by atoms with Gasteiger partial charge in [0.05, 0.1) is 42.6 Å². The van der Waals surface area contributed by atoms with E-state index in [-0.39, 0.29) is 49.1 Å². The number of esters is 2. The monoisotopic (exact) mass is 663 g/mol. The van der Waals surface area contributed by atoms with Gasteiger partial charge in [0.25, 0.3) is 0 Å². The van der Waals surface area contributed by atoms with Gasteiger partial charge in [-0.2, -0.15) is 0 Å². The summed E-state index contributed by atoms with van der Waals surface area (Å²) in [4.78, 5) is 27.9. The van der Waals surface area contributed by atoms with Crippen LogP contribution in [0.15, 0.2) is 24.3 Å². The summed E-state index contributed by atoms with van der Waals surface area (Å²) in [6, 6.07) is 5.84. The Hall–Kier alpha value is -1.83. The van der Waals surface area contributed by atoms with Gasteiger partial charge in [0, 0.05) is 81.9 Å². The molecule has 11 nitrogen and oxygen atoms in total. The molecule has 1 aromatic rings. The molecule has 46 heavy (non-hydrogen) atoms. The number of carbonyl (C=O) groups excluding carboxylic acids is 2. The Morgan fingerprint density at radius 3 is 2.50 bits per heavy atom. The van der Waals surface area contributed by atoms with Crippen LogP contribution in [0.25, 0.3) is 0 Å². The molecule has 1 heterocycles. The molecule has 2 unspecified atom stereocenters. The Morgan fingerprint density at radius 2 is 1.87 bits per heavy atom. The number of benzene rings is 1. The zero-order valence-corrected chi connectivity index (χ0v) is 28.1. The summed E-state index contributed by atoms with van der Waals surface area (Å²) < 4.78 is 37.0. The Balaban J connectivity index is 1.44. The van der Waals surface area contributed by atoms with Gasteiger partial charge in [-0.05, 0) is 50.3 Å². The molecule has 7 bridgehead atoms. The van der Waals surface area contributed by atoms with Gasteiger partial charge < -0.3 is 38.6 Å². The summed E-state index contributed by atoms with van der Waals surface area (Å²) in [5.74, 6) is -1.90. The van der Waals surface area contributed by atoms with Crippen molar-refractivity contribution in [3.8, 4) is 0 Å². The van der Waals surface area contributed by atoms with E-state index in [1.165, 1.54) is 6.92 Å². The summed E-state index contributed by atoms with van der Waals surface area (Å²) >= 11 is 6.20. The molecule has 6 aliphatic rings. The van der Waals surface area contributed by atoms with Crippen molar-refractivity contribution in [2.75, 3.05) is 41.6 Å². The molecule has 1 aliphatic heterocycles. The molecule has 1 spiro atoms. The molecule has 254 valence electrons. The Morgan fingerprint density at radius 1 is 1.11 bits per heavy atom. The Kier molecular flexibility index (Phi) is 7.89. The molecular formula is C34H46ClNO10. The van der Waals surface area contributed by atoms with E-state index in [9.17, 15) is 19.8 Å². The second kappa shape index (κ2) is 11.1. The SMILES string of the molecule is CO[C@H]1[C@@H]2C[C@@H]3[C@H]1[C@](O)(C[C@@H]2OC)[C@@]1(O)C2N(C(C)OC(=O)c4cccc(Cl)c4)C[C@]4(COC(C)=O)CC[C@H](OC)[C@@]23[C@@H]4[C@@H]1OC. The second-order valence-electron chi connectivity index (χ2n) is 14.6. The predicted molar refractivity (Wildman–Crippen MR) is 164 cm³/mol. The maximum absolute atomic E-state index is 13.6. The predicted octanol–water partition coefficient (Wildman–Crippen LogP) is 2.68. The standard InChI is InChI=1S/C34H46ClNO10/c1-17(46-29(38)19-8-7-9-20(35)12-19)36-15-31(16-45-18(2)37)11-10-24(42-4)33-22-13-21-23(41-3)14-32(39,25(22)26(21)43-5)34(40,30(33)36)28(44-6)27(31)33/h7-9,12,17,21-28,30,39-40H,10-11,13-16H2,1-6H3/t17?,21-,22-,23+,24+,25-,26+,27-,28+,30?,31+,32-,33+,34+/m1/s1. The zero-order chi connectivity index (χ0) is 33.0. The highest BCUT2D eigenvalue weighted by molar-refractivity contribution is 6.30. The molecule has 0 radical (unpaired) electrons. The lowest BCUT2D eigenvalue weighted by atomic mass is 9.42. The average molecular weight is 664 g/mol. The maximum atomic E-state index is 13.6. The number of rotatable bonds is 9. The minimum absolute atomic E-state index is 0.00171. The molecule has 1 saturated heterocycles. The second-order valence-corrected chi connectivity index (χ2v) is 15.0. The van der Waals surface area contributed by atoms with Crippen molar-refractivity contribution in [1.29, 1.82) is 0 Å². The fourth-order valence-electron chi connectivity index (χ4n) is 12.1. The van der Waals surface area contributed by atoms with E-state index >= 15 is 0 Å². The van der Waals surface area contributed by atoms with Crippen LogP contribution in [0, 0.1) is 34.5 Å². The third kappa shape index (κ3) is 3.91. The minimum atomic E-state index is -1.85. The van der Waals surface area contributed by atoms with Crippen molar-refractivity contribution in [3.63, 3.8) is 0 Å². The molecule has 5 saturated carbocycles. The normalized spacial score (nSPS) is 47.4. The van der Waals surface area contributed by atoms with E-state index in [4.69, 9.17) is 40.0 Å². The van der Waals surface area contributed by atoms with Crippen LogP contribution in [0.3, 0.4) is 0 Å². The summed E-state index contributed by atoms with van der Waals surface area (Å²) in [5, 5.41) is 27.2. The summed E-state index contributed by atoms with van der Waals surface area (Å²) in [7, 11) is 6.58. The molecule has 2 N–H and O–H groups in total. The lowest BCUT2D eigenvalue weighted by Crippen LogP contribution is -2.82. The van der Waals surface area contributed by atoms with Gasteiger partial charge in [0.15, 0.2) is 6.23 Å². The number of fused-ring (bicyclic) bond motifs is 2. The first-order valence-corrected chi connectivity index (χ1v) is 16.7. The average Bonchev–Trinajstić information content (AvgIpc) is 3.44. The van der Waals surface area contributed by atoms with Crippen LogP contribution in [-0.4, -0.2) is 117 Å². The van der Waals surface area contributed by atoms with Gasteiger partial charge in [-0.15, -0.1) is 0 Å². The molecular weight excluding hydrogens is 618 g/mol. The van der Waals surface area contributed by atoms with Crippen LogP contribution < -0.4 is 0 Å². The molecule has 7 rings (SSSR count). The number of likely N-dealkylation sites (tertiary alicyclic amines) is 1. The molecule has 12 heteroatoms. The van der Waals surface area contributed by atoms with Crippen molar-refractivity contribution < 1.29 is 48.2 Å². The number of aliphatic hydroxyl groups is 2. The lowest BCUT2D eigenvalue weighted by Gasteiger charge is -2.70. The third-order valence-corrected chi connectivity index (χ3v) is 13.4. The first-order valence-electron chi connectivity index (χ1n) is 16.3. The fraction of sp³-hybridized carbons (Fsp3) is 0.765. The number of carbonyl (C=O) groups is 2. The van der Waals surface area contributed by atoms with Gasteiger partial charge in [-0.3, -0.25) is 9.69 Å². The van der Waals surface area contributed by atoms with E-state index in [1.807, 2.05) is 4.90 Å². The van der Waals surface area contributed by atoms with E-state index in [1.54, 1.807) is 59.6 Å². The van der Waals surface area contributed by atoms with Gasteiger partial charge in [0.2, 0.25) is 0 Å². The van der Waals surface area contributed by atoms with Crippen LogP contribution >= 0.6 is 11.6 Å². The maximum Gasteiger partial charge on any atom is 0.339 e. The van der Waals surface area contributed by atoms with E-state index in [2.05, 4.69) is 0 Å². The molecule has 5 aliphatic carbocycles. The van der Waals surface area contributed by atoms with Crippen molar-refractivity contribution in [1.82, 2.24) is 4.90 Å². The molecule has 14 atom stereocenters. The lowest BCUT2D eigenvalue weighted by molar-refractivity contribution is -0.329. The highest BCUT2D eigenvalue weighted by Gasteiger charge is 2.92. The Labute approximate surface area is 274 Å². The zero-order valence-electron chi connectivity index (χ0n) is 27.3. The van der Waals surface area contributed by atoms with Crippen molar-refractivity contribution in [2.45, 2.75) is 87.4 Å². The Bertz CT molecular complexity index is 1400. The quantitative estimate of drug-likeness (QED) is 0.378. The van der Waals surface area contributed by atoms with Crippen molar-refractivity contribution in [2.24, 2.45) is 34.5 Å². The number of ether oxygens (including phenoxy) is 6. The van der Waals surface area contributed by atoms with Crippen LogP contribution in [0.2, 0.25) is 5.02 Å². The van der Waals surface area contributed by atoms with Gasteiger partial charge in [-0.25, -0.2) is 4.79 Å². The minimum Gasteiger partial charge on any atom is -0.465 e. The largest absolute Gasteiger partial charge is 0.465 e. The van der Waals surface area contributed by atoms with Gasteiger partial charge >= 0.3 is 11.9 Å². The molecule has 6 fully saturated rings. The van der Waals surface area contributed by atoms with Crippen LogP contribution in [0.1, 0.15) is 49.9 Å². The van der Waals surface area contributed by atoms with E-state index < -0.39 is 58.3 Å². The number of hydrogen-bond donors (Lipinski definition) is 2. The van der Waals surface area contributed by atoms with Crippen LogP contribution in [0.5, 0.6) is 0 Å². The first kappa shape index (κ1) is 32.7. The first-order chi connectivity index (χ1) is 21.9. The molecule has 0 aromatic heterocycles. The number of piperidine rings is 1. The number of nitrogens with zero attached hydrogens (tertiary/aromatic N) is 1.